The Kier molecular flexibility index (Phi) is 3.51. The first-order valence-corrected chi connectivity index (χ1v) is 4.20. The Morgan fingerprint density at radius 2 is 1.80 bits per heavy atom. The van der Waals surface area contributed by atoms with Gasteiger partial charge >= 0.3 is 5.97 Å². The highest BCUT2D eigenvalue weighted by Crippen LogP contribution is 2.07. The van der Waals surface area contributed by atoms with Gasteiger partial charge in [-0.25, -0.2) is 9.18 Å². The minimum atomic E-state index is -1.72. The van der Waals surface area contributed by atoms with Crippen LogP contribution in [0, 0.1) is 5.82 Å². The third-order valence-corrected chi connectivity index (χ3v) is 1.83. The summed E-state index contributed by atoms with van der Waals surface area (Å²) < 4.78 is 12.5. The number of hydrogen-bond acceptors (Lipinski definition) is 3. The first-order valence-electron chi connectivity index (χ1n) is 4.20. The van der Waals surface area contributed by atoms with E-state index in [2.05, 4.69) is 0 Å². The third kappa shape index (κ3) is 3.14. The summed E-state index contributed by atoms with van der Waals surface area (Å²) in [7, 11) is 0. The third-order valence-electron chi connectivity index (χ3n) is 1.83. The molecule has 1 atom stereocenters. The van der Waals surface area contributed by atoms with E-state index < -0.39 is 30.1 Å². The quantitative estimate of drug-likeness (QED) is 0.725. The molecular formula is C10H9FO4. The lowest BCUT2D eigenvalue weighted by Crippen LogP contribution is -2.23. The molecule has 0 saturated heterocycles. The Balaban J connectivity index is 2.69. The van der Waals surface area contributed by atoms with E-state index in [0.29, 0.717) is 0 Å². The molecule has 0 spiro atoms. The number of hydrogen-bond donors (Lipinski definition) is 2. The Morgan fingerprint density at radius 3 is 2.27 bits per heavy atom. The number of ketones is 1. The van der Waals surface area contributed by atoms with E-state index >= 15 is 0 Å². The van der Waals surface area contributed by atoms with Gasteiger partial charge in [0.1, 0.15) is 5.82 Å². The lowest BCUT2D eigenvalue weighted by molar-refractivity contribution is -0.146. The Bertz CT molecular complexity index is 372. The average molecular weight is 212 g/mol. The second-order valence-electron chi connectivity index (χ2n) is 2.99. The van der Waals surface area contributed by atoms with Gasteiger partial charge in [-0.15, -0.1) is 0 Å². The molecule has 0 saturated carbocycles. The van der Waals surface area contributed by atoms with Crippen molar-refractivity contribution in [3.8, 4) is 0 Å². The van der Waals surface area contributed by atoms with Crippen LogP contribution in [0.1, 0.15) is 16.8 Å². The van der Waals surface area contributed by atoms with Crippen molar-refractivity contribution in [3.05, 3.63) is 35.6 Å². The van der Waals surface area contributed by atoms with Crippen molar-refractivity contribution >= 4 is 11.8 Å². The largest absolute Gasteiger partial charge is 0.479 e. The zero-order valence-corrected chi connectivity index (χ0v) is 7.68. The van der Waals surface area contributed by atoms with E-state index in [1.165, 1.54) is 12.1 Å². The summed E-state index contributed by atoms with van der Waals surface area (Å²) in [4.78, 5) is 21.6. The number of carboxylic acids is 1. The highest BCUT2D eigenvalue weighted by molar-refractivity contribution is 5.98. The molecule has 0 amide bonds. The average Bonchev–Trinajstić information content (AvgIpc) is 2.18. The molecule has 0 fully saturated rings. The van der Waals surface area contributed by atoms with Crippen LogP contribution in [0.15, 0.2) is 24.3 Å². The van der Waals surface area contributed by atoms with Crippen LogP contribution in [0.3, 0.4) is 0 Å². The molecule has 0 radical (unpaired) electrons. The summed E-state index contributed by atoms with van der Waals surface area (Å²) in [5.41, 5.74) is 0.178. The van der Waals surface area contributed by atoms with Gasteiger partial charge in [0.25, 0.3) is 0 Å². The van der Waals surface area contributed by atoms with Crippen LogP contribution in [-0.4, -0.2) is 28.1 Å². The van der Waals surface area contributed by atoms with Crippen LogP contribution in [0.25, 0.3) is 0 Å². The fourth-order valence-corrected chi connectivity index (χ4v) is 1.02. The predicted molar refractivity (Wildman–Crippen MR) is 49.0 cm³/mol. The van der Waals surface area contributed by atoms with Gasteiger partial charge in [-0.2, -0.15) is 0 Å². The summed E-state index contributed by atoms with van der Waals surface area (Å²) in [5.74, 6) is -2.47. The van der Waals surface area contributed by atoms with Crippen molar-refractivity contribution in [2.24, 2.45) is 0 Å². The number of aliphatic hydroxyl groups excluding tert-OH is 1. The molecule has 4 nitrogen and oxygen atoms in total. The molecule has 1 aromatic carbocycles. The molecule has 0 aliphatic carbocycles. The number of carbonyl (C=O) groups excluding carboxylic acids is 1. The standard InChI is InChI=1S/C10H9FO4/c11-7-3-1-6(2-4-7)8(12)5-9(13)10(14)15/h1-4,9,13H,5H2,(H,14,15). The molecule has 5 heteroatoms. The maximum atomic E-state index is 12.5. The van der Waals surface area contributed by atoms with Crippen molar-refractivity contribution in [1.29, 1.82) is 0 Å². The maximum absolute atomic E-state index is 12.5. The zero-order chi connectivity index (χ0) is 11.4. The van der Waals surface area contributed by atoms with Gasteiger partial charge in [0, 0.05) is 12.0 Å². The van der Waals surface area contributed by atoms with Gasteiger partial charge in [0.05, 0.1) is 0 Å². The highest BCUT2D eigenvalue weighted by atomic mass is 19.1. The predicted octanol–water partition coefficient (Wildman–Crippen LogP) is 0.844. The van der Waals surface area contributed by atoms with Gasteiger partial charge in [-0.1, -0.05) is 0 Å². The molecule has 0 aliphatic heterocycles. The van der Waals surface area contributed by atoms with Crippen molar-refractivity contribution in [2.75, 3.05) is 0 Å². The minimum Gasteiger partial charge on any atom is -0.479 e. The first-order chi connectivity index (χ1) is 7.00. The van der Waals surface area contributed by atoms with E-state index in [0.717, 1.165) is 12.1 Å². The highest BCUT2D eigenvalue weighted by Gasteiger charge is 2.18. The second kappa shape index (κ2) is 4.65. The number of aliphatic hydroxyl groups is 1. The topological polar surface area (TPSA) is 74.6 Å². The number of rotatable bonds is 4. The number of benzene rings is 1. The zero-order valence-electron chi connectivity index (χ0n) is 7.68. The Labute approximate surface area is 85.0 Å². The number of carbonyl (C=O) groups is 2. The molecular weight excluding hydrogens is 203 g/mol. The molecule has 0 aromatic heterocycles. The molecule has 2 N–H and O–H groups in total. The molecule has 0 aliphatic rings. The molecule has 1 unspecified atom stereocenters. The van der Waals surface area contributed by atoms with Gasteiger partial charge in [0.2, 0.25) is 0 Å². The van der Waals surface area contributed by atoms with E-state index in [1.54, 1.807) is 0 Å². The van der Waals surface area contributed by atoms with E-state index in [-0.39, 0.29) is 5.56 Å². The van der Waals surface area contributed by atoms with E-state index in [4.69, 9.17) is 10.2 Å². The van der Waals surface area contributed by atoms with Crippen LogP contribution in [-0.2, 0) is 4.79 Å². The number of halogens is 1. The SMILES string of the molecule is O=C(CC(O)C(=O)O)c1ccc(F)cc1. The lowest BCUT2D eigenvalue weighted by Gasteiger charge is -2.04. The normalized spacial score (nSPS) is 12.1. The number of Topliss-reactive ketones (excluding diaryl/α,β-unsaturated/α-hetero) is 1. The Morgan fingerprint density at radius 1 is 1.27 bits per heavy atom. The summed E-state index contributed by atoms with van der Waals surface area (Å²) in [6, 6.07) is 4.68. The van der Waals surface area contributed by atoms with Crippen LogP contribution in [0.5, 0.6) is 0 Å². The molecule has 15 heavy (non-hydrogen) atoms. The molecule has 80 valence electrons. The monoisotopic (exact) mass is 212 g/mol. The molecule has 0 bridgehead atoms. The fourth-order valence-electron chi connectivity index (χ4n) is 1.02. The molecule has 0 heterocycles. The maximum Gasteiger partial charge on any atom is 0.332 e. The second-order valence-corrected chi connectivity index (χ2v) is 2.99. The van der Waals surface area contributed by atoms with Crippen molar-refractivity contribution < 1.29 is 24.2 Å². The van der Waals surface area contributed by atoms with Gasteiger partial charge in [-0.3, -0.25) is 4.79 Å². The van der Waals surface area contributed by atoms with Crippen LogP contribution in [0.4, 0.5) is 4.39 Å². The van der Waals surface area contributed by atoms with Crippen molar-refractivity contribution in [3.63, 3.8) is 0 Å². The van der Waals surface area contributed by atoms with E-state index in [9.17, 15) is 14.0 Å². The van der Waals surface area contributed by atoms with Crippen LogP contribution in [0.2, 0.25) is 0 Å². The summed E-state index contributed by atoms with van der Waals surface area (Å²) in [6.45, 7) is 0. The summed E-state index contributed by atoms with van der Waals surface area (Å²) in [5, 5.41) is 17.3. The Hall–Kier alpha value is -1.75. The molecule has 1 rings (SSSR count). The summed E-state index contributed by atoms with van der Waals surface area (Å²) >= 11 is 0. The van der Waals surface area contributed by atoms with Gasteiger partial charge in [0.15, 0.2) is 11.9 Å². The van der Waals surface area contributed by atoms with Gasteiger partial charge < -0.3 is 10.2 Å². The number of carboxylic acid groups (broad SMARTS) is 1. The van der Waals surface area contributed by atoms with Gasteiger partial charge in [-0.05, 0) is 24.3 Å². The smallest absolute Gasteiger partial charge is 0.332 e. The van der Waals surface area contributed by atoms with Crippen molar-refractivity contribution in [2.45, 2.75) is 12.5 Å². The fraction of sp³-hybridized carbons (Fsp3) is 0.200. The summed E-state index contributed by atoms with van der Waals surface area (Å²) in [6.07, 6.45) is -2.23. The van der Waals surface area contributed by atoms with Crippen molar-refractivity contribution in [1.82, 2.24) is 0 Å². The lowest BCUT2D eigenvalue weighted by atomic mass is 10.1. The molecule has 1 aromatic rings. The van der Waals surface area contributed by atoms with Crippen LogP contribution >= 0.6 is 0 Å². The van der Waals surface area contributed by atoms with Crippen LogP contribution < -0.4 is 0 Å². The minimum absolute atomic E-state index is 0.178. The first kappa shape index (κ1) is 11.3. The van der Waals surface area contributed by atoms with E-state index in [1.807, 2.05) is 0 Å². The number of aliphatic carboxylic acids is 1.